The normalized spacial score (nSPS) is 18.6. The molecule has 8 nitrogen and oxygen atoms in total. The molecule has 0 atom stereocenters. The van der Waals surface area contributed by atoms with Crippen LogP contribution in [0.25, 0.3) is 0 Å². The van der Waals surface area contributed by atoms with Gasteiger partial charge in [0.2, 0.25) is 11.9 Å². The maximum Gasteiger partial charge on any atom is 0.220 e. The monoisotopic (exact) mass is 388 g/mol. The Morgan fingerprint density at radius 2 is 1.74 bits per heavy atom. The highest BCUT2D eigenvalue weighted by molar-refractivity contribution is 5.95. The lowest BCUT2D eigenvalue weighted by molar-refractivity contribution is 0.113. The van der Waals surface area contributed by atoms with Gasteiger partial charge in [0.1, 0.15) is 11.4 Å². The van der Waals surface area contributed by atoms with Crippen molar-refractivity contribution in [2.45, 2.75) is 50.9 Å². The molecule has 4 N–H and O–H groups in total. The van der Waals surface area contributed by atoms with E-state index in [1.54, 1.807) is 0 Å². The summed E-state index contributed by atoms with van der Waals surface area (Å²) in [4.78, 5) is 10.9. The second-order valence-electron chi connectivity index (χ2n) is 6.96. The van der Waals surface area contributed by atoms with Gasteiger partial charge in [-0.3, -0.25) is 0 Å². The maximum absolute atomic E-state index is 6.21. The Kier molecular flexibility index (Phi) is 5.65. The van der Waals surface area contributed by atoms with Crippen LogP contribution < -0.4 is 11.5 Å². The summed E-state index contributed by atoms with van der Waals surface area (Å²) in [6, 6.07) is 10.2. The number of rotatable bonds is 4. The molecule has 1 spiro atoms. The summed E-state index contributed by atoms with van der Waals surface area (Å²) in [7, 11) is 0. The van der Waals surface area contributed by atoms with Crippen molar-refractivity contribution in [2.75, 3.05) is 0 Å². The van der Waals surface area contributed by atoms with Gasteiger partial charge in [0.25, 0.3) is 0 Å². The Labute approximate surface area is 164 Å². The van der Waals surface area contributed by atoms with Gasteiger partial charge in [0.15, 0.2) is 0 Å². The van der Waals surface area contributed by atoms with Gasteiger partial charge < -0.3 is 16.4 Å². The molecule has 0 radical (unpaired) electrons. The third kappa shape index (κ3) is 4.05. The van der Waals surface area contributed by atoms with Crippen LogP contribution in [0.15, 0.2) is 46.5 Å². The van der Waals surface area contributed by atoms with E-state index in [1.165, 1.54) is 12.0 Å². The van der Waals surface area contributed by atoms with Crippen molar-refractivity contribution in [3.05, 3.63) is 47.8 Å². The van der Waals surface area contributed by atoms with Crippen molar-refractivity contribution >= 4 is 24.3 Å². The number of halogens is 1. The topological polar surface area (TPSA) is 111 Å². The summed E-state index contributed by atoms with van der Waals surface area (Å²) in [6.45, 7) is 1.22. The number of aromatic nitrogens is 3. The van der Waals surface area contributed by atoms with Crippen LogP contribution in [0.1, 0.15) is 43.4 Å². The highest BCUT2D eigenvalue weighted by Gasteiger charge is 2.41. The van der Waals surface area contributed by atoms with Gasteiger partial charge in [0, 0.05) is 0 Å². The van der Waals surface area contributed by atoms with Gasteiger partial charge in [-0.15, -0.1) is 17.5 Å². The minimum absolute atomic E-state index is 0. The average molecular weight is 389 g/mol. The molecule has 1 saturated carbocycles. The number of nitrogens with two attached hydrogens (primary N) is 2. The Morgan fingerprint density at radius 3 is 2.48 bits per heavy atom. The molecular weight excluding hydrogens is 364 g/mol. The quantitative estimate of drug-likeness (QED) is 0.830. The van der Waals surface area contributed by atoms with Crippen molar-refractivity contribution < 1.29 is 0 Å². The maximum atomic E-state index is 6.21. The van der Waals surface area contributed by atoms with Gasteiger partial charge in [-0.2, -0.15) is 4.99 Å². The van der Waals surface area contributed by atoms with Gasteiger partial charge in [0.05, 0.1) is 19.3 Å². The summed E-state index contributed by atoms with van der Waals surface area (Å²) in [5.74, 6) is 0.686. The molecule has 1 aliphatic heterocycles. The second kappa shape index (κ2) is 7.96. The first-order valence-electron chi connectivity index (χ1n) is 9.05. The van der Waals surface area contributed by atoms with Crippen LogP contribution in [0.4, 0.5) is 0 Å². The molecule has 2 aromatic rings. The number of hydrogen-bond donors (Lipinski definition) is 2. The van der Waals surface area contributed by atoms with Gasteiger partial charge in [-0.25, -0.2) is 9.67 Å². The first-order valence-corrected chi connectivity index (χ1v) is 9.05. The summed E-state index contributed by atoms with van der Waals surface area (Å²) < 4.78 is 1.84. The standard InChI is InChI=1S/C18H24N8.ClH/c19-16-21-17(20)26(18(22-16)9-5-2-6-10-18)13-15-12-25(24-23-15)11-14-7-3-1-4-8-14;/h1,3-4,7-8,12H,2,5-6,9-11,13H2,(H4,19,20,21,22);1H. The molecule has 2 heterocycles. The van der Waals surface area contributed by atoms with Crippen molar-refractivity contribution in [3.63, 3.8) is 0 Å². The van der Waals surface area contributed by atoms with Crippen LogP contribution in [-0.2, 0) is 13.1 Å². The number of nitrogens with zero attached hydrogens (tertiary/aromatic N) is 6. The van der Waals surface area contributed by atoms with E-state index in [2.05, 4.69) is 32.4 Å². The first kappa shape index (κ1) is 19.2. The van der Waals surface area contributed by atoms with Crippen molar-refractivity contribution in [1.82, 2.24) is 19.9 Å². The number of benzene rings is 1. The fourth-order valence-electron chi connectivity index (χ4n) is 3.84. The summed E-state index contributed by atoms with van der Waals surface area (Å²) in [5, 5.41) is 8.57. The third-order valence-electron chi connectivity index (χ3n) is 5.08. The zero-order valence-corrected chi connectivity index (χ0v) is 16.0. The van der Waals surface area contributed by atoms with Gasteiger partial charge >= 0.3 is 0 Å². The highest BCUT2D eigenvalue weighted by Crippen LogP contribution is 2.37. The first-order chi connectivity index (χ1) is 12.6. The molecule has 0 unspecified atom stereocenters. The van der Waals surface area contributed by atoms with Crippen LogP contribution in [0.3, 0.4) is 0 Å². The van der Waals surface area contributed by atoms with E-state index in [0.29, 0.717) is 19.0 Å². The summed E-state index contributed by atoms with van der Waals surface area (Å²) >= 11 is 0. The molecule has 1 aliphatic carbocycles. The average Bonchev–Trinajstić information content (AvgIpc) is 3.07. The molecule has 27 heavy (non-hydrogen) atoms. The molecule has 4 rings (SSSR count). The van der Waals surface area contributed by atoms with E-state index in [0.717, 1.165) is 31.4 Å². The van der Waals surface area contributed by atoms with Crippen molar-refractivity contribution in [3.8, 4) is 0 Å². The Balaban J connectivity index is 0.00000210. The second-order valence-corrected chi connectivity index (χ2v) is 6.96. The van der Waals surface area contributed by atoms with E-state index in [1.807, 2.05) is 34.0 Å². The molecule has 0 amide bonds. The summed E-state index contributed by atoms with van der Waals surface area (Å²) in [5.41, 5.74) is 13.8. The SMILES string of the molecule is Cl.NC1=NC2(CCCCC2)N(Cc2cn(Cc3ccccc3)nn2)C(N)=N1. The van der Waals surface area contributed by atoms with Crippen molar-refractivity contribution in [2.24, 2.45) is 21.5 Å². The third-order valence-corrected chi connectivity index (χ3v) is 5.08. The molecule has 1 fully saturated rings. The smallest absolute Gasteiger partial charge is 0.220 e. The van der Waals surface area contributed by atoms with Gasteiger partial charge in [-0.05, 0) is 31.2 Å². The molecule has 0 bridgehead atoms. The molecule has 1 aromatic carbocycles. The molecular formula is C18H25ClN8. The molecule has 1 aromatic heterocycles. The molecule has 2 aliphatic rings. The van der Waals surface area contributed by atoms with Crippen molar-refractivity contribution in [1.29, 1.82) is 0 Å². The Morgan fingerprint density at radius 1 is 1.00 bits per heavy atom. The molecule has 0 saturated heterocycles. The fraction of sp³-hybridized carbons (Fsp3) is 0.444. The Hall–Kier alpha value is -2.61. The lowest BCUT2D eigenvalue weighted by Crippen LogP contribution is -2.57. The Bertz CT molecular complexity index is 823. The highest BCUT2D eigenvalue weighted by atomic mass is 35.5. The molecule has 9 heteroatoms. The van der Waals surface area contributed by atoms with E-state index in [-0.39, 0.29) is 18.4 Å². The van der Waals surface area contributed by atoms with E-state index < -0.39 is 5.66 Å². The number of aliphatic imine (C=N–C) groups is 2. The minimum atomic E-state index is -0.391. The van der Waals surface area contributed by atoms with Crippen LogP contribution in [-0.4, -0.2) is 37.5 Å². The van der Waals surface area contributed by atoms with Crippen LogP contribution in [0.2, 0.25) is 0 Å². The van der Waals surface area contributed by atoms with Crippen LogP contribution >= 0.6 is 12.4 Å². The zero-order chi connectivity index (χ0) is 18.0. The lowest BCUT2D eigenvalue weighted by atomic mass is 9.87. The largest absolute Gasteiger partial charge is 0.369 e. The van der Waals surface area contributed by atoms with Crippen LogP contribution in [0.5, 0.6) is 0 Å². The zero-order valence-electron chi connectivity index (χ0n) is 15.2. The summed E-state index contributed by atoms with van der Waals surface area (Å²) in [6.07, 6.45) is 7.26. The fourth-order valence-corrected chi connectivity index (χ4v) is 3.84. The van der Waals surface area contributed by atoms with Gasteiger partial charge in [-0.1, -0.05) is 42.0 Å². The van der Waals surface area contributed by atoms with E-state index >= 15 is 0 Å². The van der Waals surface area contributed by atoms with Crippen LogP contribution in [0, 0.1) is 0 Å². The predicted molar refractivity (Wildman–Crippen MR) is 107 cm³/mol. The minimum Gasteiger partial charge on any atom is -0.369 e. The lowest BCUT2D eigenvalue weighted by Gasteiger charge is -2.45. The van der Waals surface area contributed by atoms with E-state index in [4.69, 9.17) is 11.5 Å². The molecule has 144 valence electrons. The number of guanidine groups is 2. The van der Waals surface area contributed by atoms with E-state index in [9.17, 15) is 0 Å². The number of hydrogen-bond acceptors (Lipinski definition) is 7. The predicted octanol–water partition coefficient (Wildman–Crippen LogP) is 1.85.